The molecule has 2 aliphatic carbocycles. The number of nitrogens with zero attached hydrogens (tertiary/aromatic N) is 1. The van der Waals surface area contributed by atoms with Crippen LogP contribution in [0.1, 0.15) is 62.8 Å². The summed E-state index contributed by atoms with van der Waals surface area (Å²) < 4.78 is 18.6. The Hall–Kier alpha value is -1.76. The minimum Gasteiger partial charge on any atom is -0.435 e. The summed E-state index contributed by atoms with van der Waals surface area (Å²) in [6.07, 6.45) is 3.07. The number of ether oxygens (including phenoxy) is 3. The molecular weight excluding hydrogens is 422 g/mol. The molecule has 6 heteroatoms. The van der Waals surface area contributed by atoms with Crippen molar-refractivity contribution < 1.29 is 19.0 Å². The summed E-state index contributed by atoms with van der Waals surface area (Å²) in [5.41, 5.74) is 4.94. The van der Waals surface area contributed by atoms with Crippen molar-refractivity contribution in [2.45, 2.75) is 71.7 Å². The van der Waals surface area contributed by atoms with Gasteiger partial charge in [-0.3, -0.25) is 4.79 Å². The van der Waals surface area contributed by atoms with Crippen LogP contribution in [0.4, 0.5) is 0 Å². The molecule has 1 aromatic rings. The van der Waals surface area contributed by atoms with E-state index in [-0.39, 0.29) is 17.6 Å². The van der Waals surface area contributed by atoms with Gasteiger partial charge in [0, 0.05) is 25.9 Å². The minimum absolute atomic E-state index is 0.0522. The van der Waals surface area contributed by atoms with E-state index in [0.29, 0.717) is 24.6 Å². The van der Waals surface area contributed by atoms with Crippen molar-refractivity contribution in [3.63, 3.8) is 0 Å². The molecule has 174 valence electrons. The molecule has 0 N–H and O–H groups in total. The number of Topliss-reactive ketones (excluding diaryl/α,β-unsaturated/α-hetero) is 1. The van der Waals surface area contributed by atoms with Crippen LogP contribution in [0.3, 0.4) is 0 Å². The van der Waals surface area contributed by atoms with Gasteiger partial charge >= 0.3 is 0 Å². The van der Waals surface area contributed by atoms with E-state index in [1.165, 1.54) is 16.7 Å². The van der Waals surface area contributed by atoms with E-state index in [1.54, 1.807) is 4.90 Å². The molecule has 1 spiro atoms. The van der Waals surface area contributed by atoms with Gasteiger partial charge in [0.1, 0.15) is 5.76 Å². The van der Waals surface area contributed by atoms with Gasteiger partial charge in [0.25, 0.3) is 5.17 Å². The van der Waals surface area contributed by atoms with Gasteiger partial charge in [-0.25, -0.2) is 0 Å². The molecule has 1 saturated heterocycles. The molecule has 0 amide bonds. The maximum atomic E-state index is 14.0. The molecule has 1 heterocycles. The van der Waals surface area contributed by atoms with E-state index in [1.807, 2.05) is 27.9 Å². The Balaban J connectivity index is 1.85. The summed E-state index contributed by atoms with van der Waals surface area (Å²) in [6.45, 7) is 10.8. The average Bonchev–Trinajstić information content (AvgIpc) is 3.32. The highest BCUT2D eigenvalue weighted by atomic mass is 32.1. The number of aryl methyl sites for hydroxylation is 3. The van der Waals surface area contributed by atoms with Crippen molar-refractivity contribution in [1.29, 1.82) is 0 Å². The number of carbonyl (C=O) groups excluding carboxylic acids is 1. The molecule has 3 aliphatic rings. The number of carbonyl (C=O) groups is 1. The van der Waals surface area contributed by atoms with Crippen LogP contribution < -0.4 is 0 Å². The van der Waals surface area contributed by atoms with Gasteiger partial charge in [-0.05, 0) is 75.4 Å². The molecule has 0 aromatic heterocycles. The molecule has 4 rings (SSSR count). The quantitative estimate of drug-likeness (QED) is 0.604. The number of fused-ring (bicyclic) bond motifs is 1. The van der Waals surface area contributed by atoms with E-state index in [2.05, 4.69) is 32.9 Å². The molecule has 32 heavy (non-hydrogen) atoms. The van der Waals surface area contributed by atoms with Crippen LogP contribution in [0.25, 0.3) is 5.57 Å². The molecule has 1 aromatic carbocycles. The van der Waals surface area contributed by atoms with Crippen molar-refractivity contribution in [2.24, 2.45) is 11.8 Å². The van der Waals surface area contributed by atoms with Crippen LogP contribution in [0.5, 0.6) is 0 Å². The zero-order valence-electron chi connectivity index (χ0n) is 20.3. The zero-order valence-corrected chi connectivity index (χ0v) is 21.1. The fourth-order valence-electron chi connectivity index (χ4n) is 5.68. The number of benzene rings is 1. The van der Waals surface area contributed by atoms with Crippen LogP contribution in [0, 0.1) is 18.8 Å². The molecule has 5 nitrogen and oxygen atoms in total. The molecule has 0 bridgehead atoms. The van der Waals surface area contributed by atoms with Crippen LogP contribution in [0.2, 0.25) is 0 Å². The third kappa shape index (κ3) is 3.91. The fourth-order valence-corrected chi connectivity index (χ4v) is 5.77. The largest absolute Gasteiger partial charge is 0.435 e. The molecule has 0 radical (unpaired) electrons. The van der Waals surface area contributed by atoms with Crippen molar-refractivity contribution in [3.05, 3.63) is 40.1 Å². The van der Waals surface area contributed by atoms with Crippen LogP contribution in [0.15, 0.2) is 17.9 Å². The van der Waals surface area contributed by atoms with Gasteiger partial charge in [0.15, 0.2) is 11.6 Å². The van der Waals surface area contributed by atoms with Gasteiger partial charge in [0.2, 0.25) is 0 Å². The molecule has 2 fully saturated rings. The summed E-state index contributed by atoms with van der Waals surface area (Å²) in [5, 5.41) is 0.374. The highest BCUT2D eigenvalue weighted by Gasteiger charge is 2.60. The van der Waals surface area contributed by atoms with Gasteiger partial charge < -0.3 is 19.1 Å². The molecule has 1 saturated carbocycles. The van der Waals surface area contributed by atoms with E-state index >= 15 is 0 Å². The second-order valence-corrected chi connectivity index (χ2v) is 10.5. The predicted octanol–water partition coefficient (Wildman–Crippen LogP) is 4.82. The first-order chi connectivity index (χ1) is 15.0. The predicted molar refractivity (Wildman–Crippen MR) is 129 cm³/mol. The lowest BCUT2D eigenvalue weighted by Gasteiger charge is -2.26. The SMILES string of the molecule is CCc1cc(C)cc(CC)c1C1=C(OC(=S)N(C)C)C2CC3(COC(C)(C)O3)CC2C1=O. The van der Waals surface area contributed by atoms with Crippen LogP contribution in [-0.4, -0.2) is 47.9 Å². The third-order valence-corrected chi connectivity index (χ3v) is 7.45. The molecule has 3 unspecified atom stereocenters. The number of ketones is 1. The Bertz CT molecular complexity index is 971. The average molecular weight is 458 g/mol. The first-order valence-electron chi connectivity index (χ1n) is 11.6. The Labute approximate surface area is 197 Å². The van der Waals surface area contributed by atoms with Gasteiger partial charge in [-0.2, -0.15) is 0 Å². The number of rotatable bonds is 4. The summed E-state index contributed by atoms with van der Waals surface area (Å²) in [6, 6.07) is 4.39. The first-order valence-corrected chi connectivity index (χ1v) is 12.1. The maximum Gasteiger partial charge on any atom is 0.264 e. The lowest BCUT2D eigenvalue weighted by molar-refractivity contribution is -0.161. The van der Waals surface area contributed by atoms with Crippen molar-refractivity contribution in [2.75, 3.05) is 20.7 Å². The van der Waals surface area contributed by atoms with Crippen LogP contribution >= 0.6 is 12.2 Å². The topological polar surface area (TPSA) is 48.0 Å². The summed E-state index contributed by atoms with van der Waals surface area (Å²) >= 11 is 5.52. The highest BCUT2D eigenvalue weighted by Crippen LogP contribution is 2.56. The highest BCUT2D eigenvalue weighted by molar-refractivity contribution is 7.80. The van der Waals surface area contributed by atoms with Crippen molar-refractivity contribution in [1.82, 2.24) is 4.90 Å². The van der Waals surface area contributed by atoms with Crippen LogP contribution in [-0.2, 0) is 31.8 Å². The maximum absolute atomic E-state index is 14.0. The van der Waals surface area contributed by atoms with E-state index in [0.717, 1.165) is 29.7 Å². The summed E-state index contributed by atoms with van der Waals surface area (Å²) in [7, 11) is 3.73. The van der Waals surface area contributed by atoms with Gasteiger partial charge in [0.05, 0.1) is 17.8 Å². The molecule has 3 atom stereocenters. The zero-order chi connectivity index (χ0) is 23.4. The number of thiocarbonyl (C=S) groups is 1. The Morgan fingerprint density at radius 1 is 1.16 bits per heavy atom. The van der Waals surface area contributed by atoms with Crippen molar-refractivity contribution >= 4 is 28.7 Å². The summed E-state index contributed by atoms with van der Waals surface area (Å²) in [5.74, 6) is 0.0273. The summed E-state index contributed by atoms with van der Waals surface area (Å²) in [4.78, 5) is 15.8. The number of hydrogen-bond acceptors (Lipinski definition) is 5. The van der Waals surface area contributed by atoms with E-state index in [9.17, 15) is 4.79 Å². The van der Waals surface area contributed by atoms with Gasteiger partial charge in [-0.1, -0.05) is 31.5 Å². The minimum atomic E-state index is -0.629. The number of hydrogen-bond donors (Lipinski definition) is 0. The standard InChI is InChI=1S/C26H35NO4S/c1-8-16-10-15(3)11-17(9-2)20(16)21-22(28)18-12-26(14-29-25(4,5)31-26)13-19(18)23(21)30-24(32)27(6)7/h10-11,18-19H,8-9,12-14H2,1-7H3. The third-order valence-electron chi connectivity index (χ3n) is 7.00. The second kappa shape index (κ2) is 8.23. The normalized spacial score (nSPS) is 28.5. The molecular formula is C26H35NO4S. The lowest BCUT2D eigenvalue weighted by Crippen LogP contribution is -2.33. The monoisotopic (exact) mass is 457 g/mol. The number of allylic oxidation sites excluding steroid dienone is 2. The van der Waals surface area contributed by atoms with Crippen molar-refractivity contribution in [3.8, 4) is 0 Å². The van der Waals surface area contributed by atoms with E-state index in [4.69, 9.17) is 26.4 Å². The van der Waals surface area contributed by atoms with E-state index < -0.39 is 11.4 Å². The Kier molecular flexibility index (Phi) is 6.02. The first kappa shape index (κ1) is 23.4. The lowest BCUT2D eigenvalue weighted by atomic mass is 9.86. The smallest absolute Gasteiger partial charge is 0.264 e. The molecule has 1 aliphatic heterocycles. The second-order valence-electron chi connectivity index (χ2n) is 10.1. The Morgan fingerprint density at radius 3 is 2.25 bits per heavy atom. The van der Waals surface area contributed by atoms with Gasteiger partial charge in [-0.15, -0.1) is 0 Å². The Morgan fingerprint density at radius 2 is 1.75 bits per heavy atom. The fraction of sp³-hybridized carbons (Fsp3) is 0.615.